The van der Waals surface area contributed by atoms with Gasteiger partial charge in [0.2, 0.25) is 0 Å². The molecule has 1 atom stereocenters. The van der Waals surface area contributed by atoms with E-state index >= 15 is 0 Å². The van der Waals surface area contributed by atoms with Crippen molar-refractivity contribution in [3.8, 4) is 0 Å². The van der Waals surface area contributed by atoms with Crippen molar-refractivity contribution in [3.63, 3.8) is 0 Å². The molecule has 2 aromatic carbocycles. The molecular weight excluding hydrogens is 285 g/mol. The van der Waals surface area contributed by atoms with E-state index in [1.807, 2.05) is 0 Å². The monoisotopic (exact) mass is 305 g/mol. The van der Waals surface area contributed by atoms with E-state index in [9.17, 15) is 4.39 Å². The van der Waals surface area contributed by atoms with Crippen molar-refractivity contribution in [3.05, 3.63) is 70.0 Å². The van der Waals surface area contributed by atoms with Gasteiger partial charge >= 0.3 is 0 Å². The van der Waals surface area contributed by atoms with Crippen LogP contribution in [0.5, 0.6) is 0 Å². The van der Waals surface area contributed by atoms with Crippen molar-refractivity contribution in [2.24, 2.45) is 0 Å². The quantitative estimate of drug-likeness (QED) is 0.797. The van der Waals surface area contributed by atoms with E-state index in [1.165, 1.54) is 17.2 Å². The SMILES string of the molecule is CCNC(Cc1ccc(Cl)cc1F)c1ccc(CC)cc1. The summed E-state index contributed by atoms with van der Waals surface area (Å²) in [6.07, 6.45) is 1.64. The van der Waals surface area contributed by atoms with Gasteiger partial charge in [-0.15, -0.1) is 0 Å². The lowest BCUT2D eigenvalue weighted by Gasteiger charge is -2.19. The van der Waals surface area contributed by atoms with Crippen molar-refractivity contribution < 1.29 is 4.39 Å². The van der Waals surface area contributed by atoms with E-state index < -0.39 is 0 Å². The van der Waals surface area contributed by atoms with Crippen LogP contribution in [-0.4, -0.2) is 6.54 Å². The first-order chi connectivity index (χ1) is 10.1. The Balaban J connectivity index is 2.21. The van der Waals surface area contributed by atoms with Gasteiger partial charge in [-0.3, -0.25) is 0 Å². The highest BCUT2D eigenvalue weighted by molar-refractivity contribution is 6.30. The summed E-state index contributed by atoms with van der Waals surface area (Å²) in [7, 11) is 0. The molecule has 0 aliphatic rings. The molecule has 0 spiro atoms. The van der Waals surface area contributed by atoms with Crippen molar-refractivity contribution in [2.45, 2.75) is 32.7 Å². The Morgan fingerprint density at radius 1 is 1.10 bits per heavy atom. The average Bonchev–Trinajstić information content (AvgIpc) is 2.49. The smallest absolute Gasteiger partial charge is 0.127 e. The van der Waals surface area contributed by atoms with Gasteiger partial charge in [0, 0.05) is 11.1 Å². The second-order valence-corrected chi connectivity index (χ2v) is 5.58. The molecule has 0 aromatic heterocycles. The van der Waals surface area contributed by atoms with Gasteiger partial charge in [-0.1, -0.05) is 55.8 Å². The van der Waals surface area contributed by atoms with Crippen LogP contribution in [0.25, 0.3) is 0 Å². The summed E-state index contributed by atoms with van der Waals surface area (Å²) in [6.45, 7) is 5.04. The van der Waals surface area contributed by atoms with Crippen LogP contribution in [0.4, 0.5) is 4.39 Å². The van der Waals surface area contributed by atoms with Gasteiger partial charge in [-0.25, -0.2) is 4.39 Å². The Labute approximate surface area is 131 Å². The van der Waals surface area contributed by atoms with Crippen LogP contribution in [-0.2, 0) is 12.8 Å². The highest BCUT2D eigenvalue weighted by atomic mass is 35.5. The Morgan fingerprint density at radius 3 is 2.38 bits per heavy atom. The van der Waals surface area contributed by atoms with Crippen LogP contribution in [0.3, 0.4) is 0 Å². The molecule has 2 aromatic rings. The maximum absolute atomic E-state index is 14.0. The molecular formula is C18H21ClFN. The van der Waals surface area contributed by atoms with Crippen molar-refractivity contribution in [2.75, 3.05) is 6.54 Å². The number of rotatable bonds is 6. The number of likely N-dealkylation sites (N-methyl/N-ethyl adjacent to an activating group) is 1. The topological polar surface area (TPSA) is 12.0 Å². The van der Waals surface area contributed by atoms with E-state index in [1.54, 1.807) is 12.1 Å². The predicted molar refractivity (Wildman–Crippen MR) is 87.4 cm³/mol. The summed E-state index contributed by atoms with van der Waals surface area (Å²) in [5.74, 6) is -0.240. The van der Waals surface area contributed by atoms with Gasteiger partial charge in [0.15, 0.2) is 0 Å². The fraction of sp³-hybridized carbons (Fsp3) is 0.333. The van der Waals surface area contributed by atoms with Gasteiger partial charge in [-0.05, 0) is 48.2 Å². The summed E-state index contributed by atoms with van der Waals surface area (Å²) < 4.78 is 14.0. The molecule has 1 nitrogen and oxygen atoms in total. The molecule has 0 radical (unpaired) electrons. The molecule has 0 bridgehead atoms. The molecule has 1 unspecified atom stereocenters. The van der Waals surface area contributed by atoms with Crippen LogP contribution in [0.2, 0.25) is 5.02 Å². The maximum atomic E-state index is 14.0. The normalized spacial score (nSPS) is 12.4. The first-order valence-corrected chi connectivity index (χ1v) is 7.78. The Bertz CT molecular complexity index is 580. The van der Waals surface area contributed by atoms with Crippen molar-refractivity contribution in [1.82, 2.24) is 5.32 Å². The zero-order valence-electron chi connectivity index (χ0n) is 12.5. The largest absolute Gasteiger partial charge is 0.310 e. The minimum absolute atomic E-state index is 0.108. The van der Waals surface area contributed by atoms with Crippen LogP contribution in [0.15, 0.2) is 42.5 Å². The standard InChI is InChI=1S/C18H21ClFN/c1-3-13-5-7-14(8-6-13)18(21-4-2)11-15-9-10-16(19)12-17(15)20/h5-10,12,18,21H,3-4,11H2,1-2H3. The number of nitrogens with one attached hydrogen (secondary N) is 1. The third-order valence-corrected chi connectivity index (χ3v) is 3.92. The lowest BCUT2D eigenvalue weighted by molar-refractivity contribution is 0.528. The van der Waals surface area contributed by atoms with Crippen LogP contribution >= 0.6 is 11.6 Å². The van der Waals surface area contributed by atoms with Crippen LogP contribution in [0, 0.1) is 5.82 Å². The second kappa shape index (κ2) is 7.58. The molecule has 0 amide bonds. The van der Waals surface area contributed by atoms with Gasteiger partial charge < -0.3 is 5.32 Å². The van der Waals surface area contributed by atoms with Gasteiger partial charge in [-0.2, -0.15) is 0 Å². The molecule has 21 heavy (non-hydrogen) atoms. The van der Waals surface area contributed by atoms with E-state index in [4.69, 9.17) is 11.6 Å². The predicted octanol–water partition coefficient (Wildman–Crippen LogP) is 4.93. The highest BCUT2D eigenvalue weighted by Crippen LogP contribution is 2.22. The molecule has 0 heterocycles. The van der Waals surface area contributed by atoms with E-state index in [0.717, 1.165) is 13.0 Å². The first-order valence-electron chi connectivity index (χ1n) is 7.40. The third kappa shape index (κ3) is 4.29. The first kappa shape index (κ1) is 16.0. The van der Waals surface area contributed by atoms with Gasteiger partial charge in [0.05, 0.1) is 0 Å². The highest BCUT2D eigenvalue weighted by Gasteiger charge is 2.14. The Morgan fingerprint density at radius 2 is 1.81 bits per heavy atom. The van der Waals surface area contributed by atoms with Gasteiger partial charge in [0.25, 0.3) is 0 Å². The molecule has 0 aliphatic carbocycles. The fourth-order valence-electron chi connectivity index (χ4n) is 2.45. The van der Waals surface area contributed by atoms with E-state index in [0.29, 0.717) is 17.0 Å². The zero-order chi connectivity index (χ0) is 15.2. The Kier molecular flexibility index (Phi) is 5.77. The minimum Gasteiger partial charge on any atom is -0.310 e. The van der Waals surface area contributed by atoms with Gasteiger partial charge in [0.1, 0.15) is 5.82 Å². The summed E-state index contributed by atoms with van der Waals surface area (Å²) in [5, 5.41) is 3.86. The minimum atomic E-state index is -0.240. The Hall–Kier alpha value is -1.38. The lowest BCUT2D eigenvalue weighted by Crippen LogP contribution is -2.23. The summed E-state index contributed by atoms with van der Waals surface area (Å²) in [4.78, 5) is 0. The molecule has 112 valence electrons. The number of aryl methyl sites for hydroxylation is 1. The summed E-state index contributed by atoms with van der Waals surface area (Å²) in [6, 6.07) is 13.5. The number of halogens is 2. The third-order valence-electron chi connectivity index (χ3n) is 3.68. The number of hydrogen-bond acceptors (Lipinski definition) is 1. The molecule has 1 N–H and O–H groups in total. The average molecular weight is 306 g/mol. The number of hydrogen-bond donors (Lipinski definition) is 1. The lowest BCUT2D eigenvalue weighted by atomic mass is 9.97. The molecule has 0 saturated heterocycles. The molecule has 2 rings (SSSR count). The molecule has 0 aliphatic heterocycles. The fourth-order valence-corrected chi connectivity index (χ4v) is 2.61. The van der Waals surface area contributed by atoms with E-state index in [2.05, 4.69) is 43.4 Å². The molecule has 0 fully saturated rings. The van der Waals surface area contributed by atoms with E-state index in [-0.39, 0.29) is 11.9 Å². The molecule has 3 heteroatoms. The van der Waals surface area contributed by atoms with Crippen LogP contribution in [0.1, 0.15) is 36.6 Å². The number of benzene rings is 2. The maximum Gasteiger partial charge on any atom is 0.127 e. The van der Waals surface area contributed by atoms with Crippen molar-refractivity contribution in [1.29, 1.82) is 0 Å². The summed E-state index contributed by atoms with van der Waals surface area (Å²) in [5.41, 5.74) is 3.18. The zero-order valence-corrected chi connectivity index (χ0v) is 13.3. The van der Waals surface area contributed by atoms with Crippen molar-refractivity contribution >= 4 is 11.6 Å². The summed E-state index contributed by atoms with van der Waals surface area (Å²) >= 11 is 5.81. The second-order valence-electron chi connectivity index (χ2n) is 5.15. The van der Waals surface area contributed by atoms with Crippen LogP contribution < -0.4 is 5.32 Å². The molecule has 0 saturated carbocycles.